The highest BCUT2D eigenvalue weighted by Crippen LogP contribution is 2.25. The Morgan fingerprint density at radius 3 is 2.38 bits per heavy atom. The van der Waals surface area contributed by atoms with Crippen LogP contribution >= 0.6 is 0 Å². The number of benzene rings is 2. The summed E-state index contributed by atoms with van der Waals surface area (Å²) in [6, 6.07) is 11.0. The summed E-state index contributed by atoms with van der Waals surface area (Å²) in [5, 5.41) is 13.7. The number of methoxy groups -OCH3 is 1. The second kappa shape index (κ2) is 10.3. The summed E-state index contributed by atoms with van der Waals surface area (Å²) in [6.45, 7) is 0.970. The fourth-order valence-corrected chi connectivity index (χ4v) is 4.02. The van der Waals surface area contributed by atoms with Crippen molar-refractivity contribution < 1.29 is 23.9 Å². The molecular weight excluding hydrogens is 438 g/mol. The maximum atomic E-state index is 12.9. The predicted octanol–water partition coefficient (Wildman–Crippen LogP) is 1.95. The number of amides is 5. The first-order valence-electron chi connectivity index (χ1n) is 11.2. The maximum absolute atomic E-state index is 12.9. The summed E-state index contributed by atoms with van der Waals surface area (Å²) in [7, 11) is 1.47. The highest BCUT2D eigenvalue weighted by atomic mass is 16.5. The highest BCUT2D eigenvalue weighted by molar-refractivity contribution is 6.05. The molecule has 2 saturated heterocycles. The van der Waals surface area contributed by atoms with E-state index in [0.717, 1.165) is 25.8 Å². The molecule has 0 saturated carbocycles. The molecule has 2 aromatic rings. The van der Waals surface area contributed by atoms with Gasteiger partial charge in [0, 0.05) is 23.5 Å². The van der Waals surface area contributed by atoms with Crippen molar-refractivity contribution in [3.63, 3.8) is 0 Å². The molecular formula is C24H27N5O5. The number of urea groups is 1. The first-order valence-corrected chi connectivity index (χ1v) is 11.2. The van der Waals surface area contributed by atoms with E-state index in [4.69, 9.17) is 4.74 Å². The van der Waals surface area contributed by atoms with Crippen molar-refractivity contribution in [3.05, 3.63) is 53.6 Å². The standard InChI is InChI=1S/C24H27N5O5/c1-34-18-11-14(19-13-26-24(33)29-22(19)31)10-15(12-18)21(30)27-16-5-7-17(8-6-16)28-23(32)20-4-2-3-9-25-20/h5-8,10-12,19-20,25H,2-4,9,13H2,1H3,(H,27,30)(H,28,32)(H2,26,29,31,33). The second-order valence-electron chi connectivity index (χ2n) is 8.27. The van der Waals surface area contributed by atoms with Gasteiger partial charge in [0.15, 0.2) is 0 Å². The van der Waals surface area contributed by atoms with Gasteiger partial charge < -0.3 is 26.0 Å². The minimum absolute atomic E-state index is 0.0664. The third kappa shape index (κ3) is 5.52. The normalized spacial score (nSPS) is 20.0. The lowest BCUT2D eigenvalue weighted by Gasteiger charge is -2.23. The molecule has 10 heteroatoms. The lowest BCUT2D eigenvalue weighted by molar-refractivity contribution is -0.122. The molecule has 5 N–H and O–H groups in total. The van der Waals surface area contributed by atoms with Gasteiger partial charge in [0.1, 0.15) is 5.75 Å². The Kier molecular flexibility index (Phi) is 7.07. The van der Waals surface area contributed by atoms with E-state index in [-0.39, 0.29) is 24.4 Å². The summed E-state index contributed by atoms with van der Waals surface area (Å²) in [6.07, 6.45) is 2.93. The summed E-state index contributed by atoms with van der Waals surface area (Å²) < 4.78 is 5.30. The van der Waals surface area contributed by atoms with Gasteiger partial charge in [-0.15, -0.1) is 0 Å². The third-order valence-corrected chi connectivity index (χ3v) is 5.89. The average molecular weight is 466 g/mol. The van der Waals surface area contributed by atoms with Gasteiger partial charge in [-0.2, -0.15) is 0 Å². The molecule has 2 atom stereocenters. The summed E-state index contributed by atoms with van der Waals surface area (Å²) in [5.74, 6) is -1.11. The van der Waals surface area contributed by atoms with E-state index >= 15 is 0 Å². The van der Waals surface area contributed by atoms with Gasteiger partial charge in [0.2, 0.25) is 11.8 Å². The van der Waals surface area contributed by atoms with E-state index in [1.54, 1.807) is 42.5 Å². The fraction of sp³-hybridized carbons (Fsp3) is 0.333. The molecule has 0 radical (unpaired) electrons. The van der Waals surface area contributed by atoms with Crippen molar-refractivity contribution in [3.8, 4) is 5.75 Å². The smallest absolute Gasteiger partial charge is 0.321 e. The predicted molar refractivity (Wildman–Crippen MR) is 126 cm³/mol. The summed E-state index contributed by atoms with van der Waals surface area (Å²) in [4.78, 5) is 48.9. The van der Waals surface area contributed by atoms with Crippen LogP contribution in [0.25, 0.3) is 0 Å². The van der Waals surface area contributed by atoms with Crippen LogP contribution < -0.4 is 31.3 Å². The van der Waals surface area contributed by atoms with Gasteiger partial charge in [0.05, 0.1) is 19.1 Å². The van der Waals surface area contributed by atoms with Crippen LogP contribution in [0.1, 0.15) is 41.1 Å². The van der Waals surface area contributed by atoms with Crippen LogP contribution in [0.4, 0.5) is 16.2 Å². The van der Waals surface area contributed by atoms with E-state index in [1.165, 1.54) is 7.11 Å². The van der Waals surface area contributed by atoms with Gasteiger partial charge in [-0.1, -0.05) is 6.42 Å². The SMILES string of the molecule is COc1cc(C(=O)Nc2ccc(NC(=O)C3CCCCN3)cc2)cc(C2CNC(=O)NC2=O)c1. The number of hydrogen-bond acceptors (Lipinski definition) is 6. The number of anilines is 2. The quantitative estimate of drug-likeness (QED) is 0.442. The molecule has 0 aromatic heterocycles. The molecule has 0 aliphatic carbocycles. The number of piperidine rings is 1. The van der Waals surface area contributed by atoms with Gasteiger partial charge >= 0.3 is 6.03 Å². The van der Waals surface area contributed by atoms with Gasteiger partial charge in [-0.05, 0) is 67.4 Å². The minimum atomic E-state index is -0.638. The molecule has 2 unspecified atom stereocenters. The highest BCUT2D eigenvalue weighted by Gasteiger charge is 2.28. The molecule has 178 valence electrons. The zero-order valence-electron chi connectivity index (χ0n) is 18.8. The number of imide groups is 1. The van der Waals surface area contributed by atoms with E-state index in [1.807, 2.05) is 0 Å². The summed E-state index contributed by atoms with van der Waals surface area (Å²) >= 11 is 0. The number of carbonyl (C=O) groups excluding carboxylic acids is 4. The largest absolute Gasteiger partial charge is 0.497 e. The van der Waals surface area contributed by atoms with E-state index in [0.29, 0.717) is 28.3 Å². The van der Waals surface area contributed by atoms with Crippen molar-refractivity contribution in [1.29, 1.82) is 0 Å². The lowest BCUT2D eigenvalue weighted by Crippen LogP contribution is -2.50. The third-order valence-electron chi connectivity index (χ3n) is 5.89. The van der Waals surface area contributed by atoms with Crippen molar-refractivity contribution in [2.45, 2.75) is 31.2 Å². The minimum Gasteiger partial charge on any atom is -0.497 e. The molecule has 2 aromatic carbocycles. The van der Waals surface area contributed by atoms with Crippen LogP contribution in [0.3, 0.4) is 0 Å². The van der Waals surface area contributed by atoms with E-state index < -0.39 is 17.9 Å². The summed E-state index contributed by atoms with van der Waals surface area (Å²) in [5.41, 5.74) is 2.05. The van der Waals surface area contributed by atoms with Crippen molar-refractivity contribution >= 4 is 35.1 Å². The van der Waals surface area contributed by atoms with Crippen LogP contribution in [0.2, 0.25) is 0 Å². The molecule has 0 bridgehead atoms. The Bertz CT molecular complexity index is 1100. The topological polar surface area (TPSA) is 138 Å². The number of carbonyl (C=O) groups is 4. The number of ether oxygens (including phenoxy) is 1. The molecule has 2 fully saturated rings. The second-order valence-corrected chi connectivity index (χ2v) is 8.27. The Labute approximate surface area is 196 Å². The lowest BCUT2D eigenvalue weighted by atomic mass is 9.94. The molecule has 2 aliphatic rings. The molecule has 0 spiro atoms. The van der Waals surface area contributed by atoms with Crippen LogP contribution in [0.5, 0.6) is 5.75 Å². The monoisotopic (exact) mass is 465 g/mol. The Morgan fingerprint density at radius 2 is 1.74 bits per heavy atom. The molecule has 4 rings (SSSR count). The Hall–Kier alpha value is -3.92. The van der Waals surface area contributed by atoms with Crippen LogP contribution in [0.15, 0.2) is 42.5 Å². The zero-order chi connectivity index (χ0) is 24.1. The van der Waals surface area contributed by atoms with Crippen molar-refractivity contribution in [2.75, 3.05) is 30.8 Å². The van der Waals surface area contributed by atoms with E-state index in [9.17, 15) is 19.2 Å². The average Bonchev–Trinajstić information content (AvgIpc) is 2.85. The fourth-order valence-electron chi connectivity index (χ4n) is 4.02. The van der Waals surface area contributed by atoms with Crippen LogP contribution in [0, 0.1) is 0 Å². The first-order chi connectivity index (χ1) is 16.4. The van der Waals surface area contributed by atoms with Gasteiger partial charge in [-0.3, -0.25) is 19.7 Å². The van der Waals surface area contributed by atoms with Gasteiger partial charge in [0.25, 0.3) is 5.91 Å². The molecule has 10 nitrogen and oxygen atoms in total. The van der Waals surface area contributed by atoms with Gasteiger partial charge in [-0.25, -0.2) is 4.79 Å². The molecule has 2 heterocycles. The molecule has 34 heavy (non-hydrogen) atoms. The molecule has 5 amide bonds. The Morgan fingerprint density at radius 1 is 1.00 bits per heavy atom. The zero-order valence-corrected chi connectivity index (χ0v) is 18.8. The first kappa shape index (κ1) is 23.2. The van der Waals surface area contributed by atoms with Crippen LogP contribution in [-0.2, 0) is 9.59 Å². The Balaban J connectivity index is 1.43. The van der Waals surface area contributed by atoms with Crippen molar-refractivity contribution in [2.24, 2.45) is 0 Å². The number of nitrogens with one attached hydrogen (secondary N) is 5. The number of rotatable bonds is 6. The molecule has 2 aliphatic heterocycles. The maximum Gasteiger partial charge on any atom is 0.321 e. The van der Waals surface area contributed by atoms with Crippen molar-refractivity contribution in [1.82, 2.24) is 16.0 Å². The van der Waals surface area contributed by atoms with E-state index in [2.05, 4.69) is 26.6 Å². The number of hydrogen-bond donors (Lipinski definition) is 5. The van der Waals surface area contributed by atoms with Crippen LogP contribution in [-0.4, -0.2) is 50.0 Å².